The molecule has 0 saturated heterocycles. The molecule has 0 fully saturated rings. The monoisotopic (exact) mass is 278 g/mol. The van der Waals surface area contributed by atoms with E-state index >= 15 is 0 Å². The second-order valence-corrected chi connectivity index (χ2v) is 4.93. The lowest BCUT2D eigenvalue weighted by atomic mass is 9.90. The minimum absolute atomic E-state index is 0. The molecule has 0 aromatic heterocycles. The van der Waals surface area contributed by atoms with Crippen molar-refractivity contribution < 1.29 is 4.79 Å². The highest BCUT2D eigenvalue weighted by molar-refractivity contribution is 5.85. The summed E-state index contributed by atoms with van der Waals surface area (Å²) in [7, 11) is 0. The van der Waals surface area contributed by atoms with Crippen molar-refractivity contribution in [3.05, 3.63) is 0 Å². The third-order valence-electron chi connectivity index (χ3n) is 3.90. The first kappa shape index (κ1) is 20.0. The molecule has 0 aliphatic heterocycles. The highest BCUT2D eigenvalue weighted by atomic mass is 35.5. The summed E-state index contributed by atoms with van der Waals surface area (Å²) in [6.45, 7) is 8.94. The lowest BCUT2D eigenvalue weighted by Gasteiger charge is -2.33. The van der Waals surface area contributed by atoms with E-state index in [0.717, 1.165) is 38.5 Å². The molecule has 0 heterocycles. The number of unbranched alkanes of at least 4 members (excludes halogenated alkanes) is 1. The third-order valence-corrected chi connectivity index (χ3v) is 3.90. The van der Waals surface area contributed by atoms with E-state index in [-0.39, 0.29) is 29.8 Å². The Labute approximate surface area is 119 Å². The van der Waals surface area contributed by atoms with Gasteiger partial charge in [0.1, 0.15) is 0 Å². The van der Waals surface area contributed by atoms with E-state index in [1.807, 2.05) is 0 Å². The van der Waals surface area contributed by atoms with E-state index in [2.05, 4.69) is 33.0 Å². The standard InChI is InChI=1S/C14H30N2O.ClH/c1-5-9-10-12(6-2)13(17)16-14(7-3,8-4)11-15;/h12H,5-11,15H2,1-4H3,(H,16,17);1H. The number of carbonyl (C=O) groups excluding carboxylic acids is 1. The summed E-state index contributed by atoms with van der Waals surface area (Å²) in [5.74, 6) is 0.342. The molecule has 0 rings (SSSR count). The maximum atomic E-state index is 12.2. The molecule has 1 atom stereocenters. The fourth-order valence-electron chi connectivity index (χ4n) is 2.10. The van der Waals surface area contributed by atoms with Gasteiger partial charge in [0.2, 0.25) is 5.91 Å². The van der Waals surface area contributed by atoms with Crippen molar-refractivity contribution in [1.82, 2.24) is 5.32 Å². The van der Waals surface area contributed by atoms with E-state index in [9.17, 15) is 4.79 Å². The van der Waals surface area contributed by atoms with Gasteiger partial charge < -0.3 is 11.1 Å². The van der Waals surface area contributed by atoms with Gasteiger partial charge in [0.05, 0.1) is 5.54 Å². The molecule has 110 valence electrons. The van der Waals surface area contributed by atoms with Gasteiger partial charge >= 0.3 is 0 Å². The van der Waals surface area contributed by atoms with Crippen molar-refractivity contribution in [3.8, 4) is 0 Å². The molecule has 0 saturated carbocycles. The molecular formula is C14H31ClN2O. The smallest absolute Gasteiger partial charge is 0.223 e. The Hall–Kier alpha value is -0.280. The summed E-state index contributed by atoms with van der Waals surface area (Å²) >= 11 is 0. The zero-order valence-corrected chi connectivity index (χ0v) is 13.2. The minimum atomic E-state index is -0.198. The van der Waals surface area contributed by atoms with E-state index in [1.54, 1.807) is 0 Å². The molecule has 0 aromatic carbocycles. The predicted molar refractivity (Wildman–Crippen MR) is 81.1 cm³/mol. The number of rotatable bonds is 9. The van der Waals surface area contributed by atoms with Crippen LogP contribution in [0.5, 0.6) is 0 Å². The molecule has 3 nitrogen and oxygen atoms in total. The summed E-state index contributed by atoms with van der Waals surface area (Å²) in [6, 6.07) is 0. The minimum Gasteiger partial charge on any atom is -0.349 e. The Bertz CT molecular complexity index is 210. The molecule has 0 bridgehead atoms. The van der Waals surface area contributed by atoms with E-state index in [4.69, 9.17) is 5.73 Å². The first-order chi connectivity index (χ1) is 8.09. The Morgan fingerprint density at radius 2 is 1.78 bits per heavy atom. The van der Waals surface area contributed by atoms with Crippen molar-refractivity contribution in [3.63, 3.8) is 0 Å². The number of nitrogens with one attached hydrogen (secondary N) is 1. The van der Waals surface area contributed by atoms with Crippen LogP contribution in [0.15, 0.2) is 0 Å². The second kappa shape index (κ2) is 10.6. The molecule has 0 aliphatic carbocycles. The summed E-state index contributed by atoms with van der Waals surface area (Å²) < 4.78 is 0. The van der Waals surface area contributed by atoms with Crippen molar-refractivity contribution in [1.29, 1.82) is 0 Å². The fraction of sp³-hybridized carbons (Fsp3) is 0.929. The van der Waals surface area contributed by atoms with Crippen LogP contribution >= 0.6 is 12.4 Å². The largest absolute Gasteiger partial charge is 0.349 e. The van der Waals surface area contributed by atoms with Crippen LogP contribution in [0.2, 0.25) is 0 Å². The van der Waals surface area contributed by atoms with Crippen LogP contribution in [0, 0.1) is 5.92 Å². The van der Waals surface area contributed by atoms with Crippen LogP contribution in [-0.2, 0) is 4.79 Å². The maximum absolute atomic E-state index is 12.2. The highest BCUT2D eigenvalue weighted by Crippen LogP contribution is 2.18. The Balaban J connectivity index is 0. The molecule has 0 aromatic rings. The van der Waals surface area contributed by atoms with Gasteiger partial charge in [-0.15, -0.1) is 12.4 Å². The van der Waals surface area contributed by atoms with Gasteiger partial charge in [-0.05, 0) is 25.7 Å². The molecule has 0 spiro atoms. The van der Waals surface area contributed by atoms with Crippen LogP contribution in [0.4, 0.5) is 0 Å². The lowest BCUT2D eigenvalue weighted by molar-refractivity contribution is -0.127. The van der Waals surface area contributed by atoms with E-state index < -0.39 is 0 Å². The lowest BCUT2D eigenvalue weighted by Crippen LogP contribution is -2.54. The molecule has 18 heavy (non-hydrogen) atoms. The van der Waals surface area contributed by atoms with Crippen LogP contribution in [-0.4, -0.2) is 18.0 Å². The molecular weight excluding hydrogens is 248 g/mol. The Kier molecular flexibility index (Phi) is 11.8. The normalized spacial score (nSPS) is 12.7. The zero-order valence-electron chi connectivity index (χ0n) is 12.4. The fourth-order valence-corrected chi connectivity index (χ4v) is 2.10. The van der Waals surface area contributed by atoms with Crippen LogP contribution < -0.4 is 11.1 Å². The Morgan fingerprint density at radius 1 is 1.22 bits per heavy atom. The topological polar surface area (TPSA) is 55.1 Å². The maximum Gasteiger partial charge on any atom is 0.223 e. The van der Waals surface area contributed by atoms with Crippen molar-refractivity contribution in [2.24, 2.45) is 11.7 Å². The van der Waals surface area contributed by atoms with E-state index in [0.29, 0.717) is 6.54 Å². The quantitative estimate of drug-likeness (QED) is 0.680. The third kappa shape index (κ3) is 6.05. The molecule has 4 heteroatoms. The summed E-state index contributed by atoms with van der Waals surface area (Å²) in [6.07, 6.45) is 5.98. The highest BCUT2D eigenvalue weighted by Gasteiger charge is 2.28. The molecule has 0 radical (unpaired) electrons. The number of halogens is 1. The number of nitrogens with two attached hydrogens (primary N) is 1. The SMILES string of the molecule is CCCCC(CC)C(=O)NC(CC)(CC)CN.Cl. The van der Waals surface area contributed by atoms with Gasteiger partial charge in [-0.2, -0.15) is 0 Å². The van der Waals surface area contributed by atoms with Crippen molar-refractivity contribution >= 4 is 18.3 Å². The van der Waals surface area contributed by atoms with E-state index in [1.165, 1.54) is 0 Å². The van der Waals surface area contributed by atoms with Crippen molar-refractivity contribution in [2.45, 2.75) is 71.8 Å². The first-order valence-corrected chi connectivity index (χ1v) is 7.11. The molecule has 1 unspecified atom stereocenters. The van der Waals surface area contributed by atoms with Gasteiger partial charge in [-0.3, -0.25) is 4.79 Å². The number of hydrogen-bond donors (Lipinski definition) is 2. The molecule has 0 aliphatic rings. The summed E-state index contributed by atoms with van der Waals surface area (Å²) in [5, 5.41) is 3.18. The van der Waals surface area contributed by atoms with Gasteiger partial charge in [-0.25, -0.2) is 0 Å². The summed E-state index contributed by atoms with van der Waals surface area (Å²) in [4.78, 5) is 12.2. The van der Waals surface area contributed by atoms with Gasteiger partial charge in [0, 0.05) is 12.5 Å². The number of amides is 1. The van der Waals surface area contributed by atoms with Crippen LogP contribution in [0.25, 0.3) is 0 Å². The number of carbonyl (C=O) groups is 1. The Morgan fingerprint density at radius 3 is 2.11 bits per heavy atom. The van der Waals surface area contributed by atoms with Crippen molar-refractivity contribution in [2.75, 3.05) is 6.54 Å². The van der Waals surface area contributed by atoms with Crippen LogP contribution in [0.1, 0.15) is 66.2 Å². The second-order valence-electron chi connectivity index (χ2n) is 4.93. The first-order valence-electron chi connectivity index (χ1n) is 7.11. The molecule has 1 amide bonds. The summed E-state index contributed by atoms with van der Waals surface area (Å²) in [5.41, 5.74) is 5.61. The van der Waals surface area contributed by atoms with Gasteiger partial charge in [0.25, 0.3) is 0 Å². The average Bonchev–Trinajstić information content (AvgIpc) is 2.37. The number of hydrogen-bond acceptors (Lipinski definition) is 2. The predicted octanol–water partition coefficient (Wildman–Crippen LogP) is 3.26. The average molecular weight is 279 g/mol. The zero-order chi connectivity index (χ0) is 13.3. The van der Waals surface area contributed by atoms with Gasteiger partial charge in [0.15, 0.2) is 0 Å². The van der Waals surface area contributed by atoms with Crippen LogP contribution in [0.3, 0.4) is 0 Å². The van der Waals surface area contributed by atoms with Gasteiger partial charge in [-0.1, -0.05) is 40.5 Å². The molecule has 3 N–H and O–H groups in total.